The first kappa shape index (κ1) is 16.5. The van der Waals surface area contributed by atoms with Crippen molar-refractivity contribution in [1.29, 1.82) is 1.34 Å². The minimum Gasteiger partial charge on any atom is -0.810 e. The van der Waals surface area contributed by atoms with Crippen LogP contribution in [0.3, 0.4) is 0 Å². The molecule has 0 aliphatic rings. The van der Waals surface area contributed by atoms with Gasteiger partial charge in [-0.3, -0.25) is 0 Å². The molecule has 0 saturated carbocycles. The fourth-order valence-electron chi connectivity index (χ4n) is 0.539. The van der Waals surface area contributed by atoms with E-state index in [1.807, 2.05) is 44.2 Å². The maximum absolute atomic E-state index is 8.41. The van der Waals surface area contributed by atoms with Gasteiger partial charge in [0.25, 0.3) is 0 Å². The van der Waals surface area contributed by atoms with Gasteiger partial charge in [-0.2, -0.15) is 6.21 Å². The van der Waals surface area contributed by atoms with Crippen LogP contribution in [0.25, 0.3) is 5.41 Å². The molecule has 1 aromatic rings. The van der Waals surface area contributed by atoms with Crippen LogP contribution in [0.1, 0.15) is 19.4 Å². The van der Waals surface area contributed by atoms with E-state index < -0.39 is 0 Å². The third-order valence-electron chi connectivity index (χ3n) is 0.949. The average Bonchev–Trinajstić information content (AvgIpc) is 2.21. The van der Waals surface area contributed by atoms with Crippen molar-refractivity contribution < 1.29 is 32.7 Å². The molecule has 1 radical (unpaired) electrons. The number of rotatable bonds is 1. The standard InChI is InChI=1S/C7H6N.C2H6B.C2H6.Y/c8-6-7-4-2-1-3-5-7;1-3-2;1-2;/h1-6H;3H,1H2,2H3;1-2H3;/q2*-1;;/i;3T;;. The Morgan fingerprint density at radius 1 is 1.36 bits per heavy atom. The Morgan fingerprint density at radius 2 is 1.71 bits per heavy atom. The Bertz CT molecular complexity index is 214. The van der Waals surface area contributed by atoms with Crippen molar-refractivity contribution in [2.45, 2.75) is 20.7 Å². The zero-order valence-corrected chi connectivity index (χ0v) is 12.1. The quantitative estimate of drug-likeness (QED) is 0.423. The molecular weight excluding hydrogens is 246 g/mol. The molecule has 1 rings (SSSR count). The van der Waals surface area contributed by atoms with Crippen LogP contribution in [0.15, 0.2) is 30.3 Å². The first-order valence-corrected chi connectivity index (χ1v) is 4.44. The van der Waals surface area contributed by atoms with Gasteiger partial charge in [-0.15, -0.1) is 6.82 Å². The van der Waals surface area contributed by atoms with Crippen molar-refractivity contribution in [3.05, 3.63) is 48.1 Å². The minimum absolute atomic E-state index is 0. The van der Waals surface area contributed by atoms with Crippen molar-refractivity contribution in [3.8, 4) is 0 Å². The van der Waals surface area contributed by atoms with Gasteiger partial charge >= 0.3 is 0 Å². The van der Waals surface area contributed by atoms with Gasteiger partial charge in [0.1, 0.15) is 0 Å². The predicted octanol–water partition coefficient (Wildman–Crippen LogP) is 2.96. The Morgan fingerprint density at radius 3 is 1.93 bits per heavy atom. The van der Waals surface area contributed by atoms with Gasteiger partial charge in [0.05, 0.1) is 0 Å². The van der Waals surface area contributed by atoms with E-state index in [-0.39, 0.29) is 40.0 Å². The number of nitrogens with zero attached hydrogens (tertiary/aromatic N) is 1. The van der Waals surface area contributed by atoms with Crippen molar-refractivity contribution >= 4 is 13.5 Å². The van der Waals surface area contributed by atoms with Crippen LogP contribution in [0.5, 0.6) is 0 Å². The van der Waals surface area contributed by atoms with E-state index in [2.05, 4.69) is 6.82 Å². The summed E-state index contributed by atoms with van der Waals surface area (Å²) in [5.41, 5.74) is 0.840. The first-order chi connectivity index (χ1) is 6.66. The smallest absolute Gasteiger partial charge is 0 e. The maximum atomic E-state index is 8.41. The average molecular weight is 266 g/mol. The minimum atomic E-state index is -0.167. The van der Waals surface area contributed by atoms with Gasteiger partial charge in [-0.05, 0) is 5.56 Å². The van der Waals surface area contributed by atoms with Gasteiger partial charge in [-0.1, -0.05) is 52.8 Å². The Labute approximate surface area is 116 Å². The molecule has 0 saturated heterocycles. The molecule has 0 atom stereocenters. The molecule has 0 heterocycles. The van der Waals surface area contributed by atoms with Gasteiger partial charge in [0, 0.05) is 32.7 Å². The zero-order valence-electron chi connectivity index (χ0n) is 10.3. The molecule has 3 heteroatoms. The van der Waals surface area contributed by atoms with Gasteiger partial charge in [-0.25, -0.2) is 0 Å². The van der Waals surface area contributed by atoms with Crippen LogP contribution in [0, 0.1) is 6.82 Å². The van der Waals surface area contributed by atoms with Gasteiger partial charge < -0.3 is 12.2 Å². The second-order valence-corrected chi connectivity index (χ2v) is 1.95. The van der Waals surface area contributed by atoms with E-state index in [1.54, 1.807) is 6.82 Å². The fraction of sp³-hybridized carbons (Fsp3) is 0.273. The summed E-state index contributed by atoms with van der Waals surface area (Å²) in [5.74, 6) is 0. The van der Waals surface area contributed by atoms with Crippen molar-refractivity contribution in [2.24, 2.45) is 0 Å². The van der Waals surface area contributed by atoms with E-state index in [9.17, 15) is 0 Å². The molecule has 0 aliphatic carbocycles. The summed E-state index contributed by atoms with van der Waals surface area (Å²) in [6.07, 6.45) is 1.08. The van der Waals surface area contributed by atoms with Gasteiger partial charge in [0.15, 0.2) is 0 Å². The zero-order chi connectivity index (χ0) is 11.4. The van der Waals surface area contributed by atoms with E-state index in [4.69, 9.17) is 6.74 Å². The summed E-state index contributed by atoms with van der Waals surface area (Å²) in [6.45, 7) is 9.03. The van der Waals surface area contributed by atoms with Crippen molar-refractivity contribution in [2.75, 3.05) is 0 Å². The third kappa shape index (κ3) is 14.6. The number of hydrogen-bond acceptors (Lipinski definition) is 0. The van der Waals surface area contributed by atoms with E-state index in [1.165, 1.54) is 0 Å². The number of hydrogen-bond donors (Lipinski definition) is 0. The molecule has 0 amide bonds. The molecule has 0 unspecified atom stereocenters. The molecule has 0 aliphatic heterocycles. The Balaban J connectivity index is -0.000000179. The van der Waals surface area contributed by atoms with E-state index >= 15 is 0 Å². The third-order valence-corrected chi connectivity index (χ3v) is 0.949. The van der Waals surface area contributed by atoms with Crippen LogP contribution < -0.4 is 0 Å². The van der Waals surface area contributed by atoms with Crippen LogP contribution in [-0.4, -0.2) is 14.8 Å². The van der Waals surface area contributed by atoms with Crippen LogP contribution in [0.2, 0.25) is 6.82 Å². The van der Waals surface area contributed by atoms with Crippen LogP contribution in [-0.2, 0) is 32.7 Å². The Kier molecular flexibility index (Phi) is 22.1. The first-order valence-electron chi connectivity index (χ1n) is 5.02. The summed E-state index contributed by atoms with van der Waals surface area (Å²) >= 11 is 0. The molecule has 1 nitrogen and oxygen atoms in total. The van der Waals surface area contributed by atoms with Gasteiger partial charge in [0.2, 0.25) is 0 Å². The molecule has 14 heavy (non-hydrogen) atoms. The van der Waals surface area contributed by atoms with E-state index in [0.29, 0.717) is 0 Å². The molecule has 1 aromatic carbocycles. The SMILES string of the molecule is CC.[3H]B([CH2-])C.[N-]=Cc1ccccc1.[Y]. The summed E-state index contributed by atoms with van der Waals surface area (Å²) in [6, 6.07) is 9.33. The fourth-order valence-corrected chi connectivity index (χ4v) is 0.539. The summed E-state index contributed by atoms with van der Waals surface area (Å²) in [7, 11) is -0.167. The molecule has 0 bridgehead atoms. The summed E-state index contributed by atoms with van der Waals surface area (Å²) in [5, 5.41) is 8.41. The monoisotopic (exact) mass is 266 g/mol. The summed E-state index contributed by atoms with van der Waals surface area (Å²) < 4.78 is 6.47. The van der Waals surface area contributed by atoms with Crippen molar-refractivity contribution in [1.82, 2.24) is 0 Å². The Hall–Kier alpha value is 0.0588. The summed E-state index contributed by atoms with van der Waals surface area (Å²) in [4.78, 5) is 0. The second kappa shape index (κ2) is 18.8. The van der Waals surface area contributed by atoms with Crippen LogP contribution >= 0.6 is 0 Å². The molecular formula is C11H18BNY-2. The van der Waals surface area contributed by atoms with Crippen molar-refractivity contribution in [3.63, 3.8) is 0 Å². The predicted molar refractivity (Wildman–Crippen MR) is 64.7 cm³/mol. The molecule has 0 spiro atoms. The second-order valence-electron chi connectivity index (χ2n) is 1.95. The molecule has 0 N–H and O–H groups in total. The number of benzene rings is 1. The normalized spacial score (nSPS) is 7.29. The van der Waals surface area contributed by atoms with E-state index in [0.717, 1.165) is 11.8 Å². The molecule has 0 fully saturated rings. The largest absolute Gasteiger partial charge is 0.810 e. The topological polar surface area (TPSA) is 22.3 Å². The molecule has 0 aromatic heterocycles. The molecule has 75 valence electrons. The maximum Gasteiger partial charge on any atom is 0 e. The van der Waals surface area contributed by atoms with Crippen LogP contribution in [0.4, 0.5) is 0 Å².